The van der Waals surface area contributed by atoms with E-state index in [1.54, 1.807) is 18.2 Å². The number of carbonyl (C=O) groups is 2. The minimum absolute atomic E-state index is 0.249. The van der Waals surface area contributed by atoms with E-state index >= 15 is 0 Å². The van der Waals surface area contributed by atoms with Crippen LogP contribution in [0.2, 0.25) is 0 Å². The summed E-state index contributed by atoms with van der Waals surface area (Å²) in [5.41, 5.74) is 0. The standard InChI is InChI=1S/C12H19NO3/c1-4-5-6-7-11(14)13(8-10(2)3)9-12(15)16/h4-7,10H,8-9H2,1-3H3,(H,15,16). The minimum Gasteiger partial charge on any atom is -0.480 e. The number of rotatable bonds is 6. The van der Waals surface area contributed by atoms with Crippen molar-refractivity contribution < 1.29 is 14.7 Å². The zero-order chi connectivity index (χ0) is 12.6. The zero-order valence-electron chi connectivity index (χ0n) is 10.0. The smallest absolute Gasteiger partial charge is 0.323 e. The Morgan fingerprint density at radius 1 is 1.31 bits per heavy atom. The van der Waals surface area contributed by atoms with E-state index in [1.807, 2.05) is 20.8 Å². The van der Waals surface area contributed by atoms with Gasteiger partial charge in [-0.15, -0.1) is 0 Å². The molecule has 4 nitrogen and oxygen atoms in total. The van der Waals surface area contributed by atoms with Crippen molar-refractivity contribution in [1.82, 2.24) is 4.90 Å². The summed E-state index contributed by atoms with van der Waals surface area (Å²) in [5, 5.41) is 8.69. The summed E-state index contributed by atoms with van der Waals surface area (Å²) in [6.07, 6.45) is 6.52. The average Bonchev–Trinajstić information content (AvgIpc) is 2.15. The third-order valence-corrected chi connectivity index (χ3v) is 1.77. The van der Waals surface area contributed by atoms with Gasteiger partial charge in [-0.05, 0) is 12.8 Å². The number of hydrogen-bond acceptors (Lipinski definition) is 2. The molecule has 0 aliphatic heterocycles. The first-order valence-electron chi connectivity index (χ1n) is 5.27. The lowest BCUT2D eigenvalue weighted by Gasteiger charge is -2.20. The van der Waals surface area contributed by atoms with Gasteiger partial charge in [0.05, 0.1) is 0 Å². The van der Waals surface area contributed by atoms with E-state index in [0.717, 1.165) is 0 Å². The van der Waals surface area contributed by atoms with E-state index in [9.17, 15) is 9.59 Å². The summed E-state index contributed by atoms with van der Waals surface area (Å²) >= 11 is 0. The Bertz CT molecular complexity index is 293. The number of carbonyl (C=O) groups excluding carboxylic acids is 1. The monoisotopic (exact) mass is 225 g/mol. The minimum atomic E-state index is -0.992. The van der Waals surface area contributed by atoms with Gasteiger partial charge in [-0.3, -0.25) is 9.59 Å². The van der Waals surface area contributed by atoms with Gasteiger partial charge in [-0.2, -0.15) is 0 Å². The Morgan fingerprint density at radius 2 is 1.94 bits per heavy atom. The molecule has 16 heavy (non-hydrogen) atoms. The highest BCUT2D eigenvalue weighted by molar-refractivity contribution is 5.90. The molecule has 0 heterocycles. The first-order chi connectivity index (χ1) is 7.47. The largest absolute Gasteiger partial charge is 0.480 e. The molecule has 0 unspecified atom stereocenters. The molecule has 0 bridgehead atoms. The summed E-state index contributed by atoms with van der Waals surface area (Å²) in [4.78, 5) is 23.6. The second-order valence-corrected chi connectivity index (χ2v) is 3.89. The fourth-order valence-corrected chi connectivity index (χ4v) is 1.19. The van der Waals surface area contributed by atoms with Crippen molar-refractivity contribution >= 4 is 11.9 Å². The maximum Gasteiger partial charge on any atom is 0.323 e. The summed E-state index contributed by atoms with van der Waals surface area (Å²) in [7, 11) is 0. The van der Waals surface area contributed by atoms with Crippen LogP contribution in [-0.4, -0.2) is 35.0 Å². The summed E-state index contributed by atoms with van der Waals surface area (Å²) in [5.74, 6) is -1.01. The number of carboxylic acids is 1. The summed E-state index contributed by atoms with van der Waals surface area (Å²) in [6, 6.07) is 0. The second-order valence-electron chi connectivity index (χ2n) is 3.89. The van der Waals surface area contributed by atoms with E-state index in [-0.39, 0.29) is 18.4 Å². The summed E-state index contributed by atoms with van der Waals surface area (Å²) < 4.78 is 0. The Balaban J connectivity index is 4.48. The molecule has 4 heteroatoms. The van der Waals surface area contributed by atoms with Gasteiger partial charge in [-0.25, -0.2) is 0 Å². The number of hydrogen-bond donors (Lipinski definition) is 1. The quantitative estimate of drug-likeness (QED) is 0.552. The van der Waals surface area contributed by atoms with Crippen molar-refractivity contribution in [3.8, 4) is 0 Å². The molecule has 0 aliphatic rings. The molecule has 0 saturated heterocycles. The Labute approximate surface area is 96.3 Å². The van der Waals surface area contributed by atoms with E-state index in [1.165, 1.54) is 11.0 Å². The Hall–Kier alpha value is -1.58. The molecule has 0 aromatic carbocycles. The fourth-order valence-electron chi connectivity index (χ4n) is 1.19. The molecule has 1 amide bonds. The van der Waals surface area contributed by atoms with Crippen molar-refractivity contribution in [2.24, 2.45) is 5.92 Å². The third kappa shape index (κ3) is 6.81. The van der Waals surface area contributed by atoms with Gasteiger partial charge in [0.2, 0.25) is 5.91 Å². The van der Waals surface area contributed by atoms with Crippen LogP contribution in [0, 0.1) is 5.92 Å². The van der Waals surface area contributed by atoms with Gasteiger partial charge in [0.25, 0.3) is 0 Å². The highest BCUT2D eigenvalue weighted by Crippen LogP contribution is 2.00. The van der Waals surface area contributed by atoms with E-state index in [0.29, 0.717) is 6.54 Å². The molecule has 0 radical (unpaired) electrons. The van der Waals surface area contributed by atoms with E-state index in [4.69, 9.17) is 5.11 Å². The molecule has 0 aliphatic carbocycles. The number of amides is 1. The number of allylic oxidation sites excluding steroid dienone is 3. The van der Waals surface area contributed by atoms with E-state index < -0.39 is 5.97 Å². The maximum atomic E-state index is 11.6. The number of nitrogens with zero attached hydrogens (tertiary/aromatic N) is 1. The van der Waals surface area contributed by atoms with Gasteiger partial charge < -0.3 is 10.0 Å². The molecular weight excluding hydrogens is 206 g/mol. The topological polar surface area (TPSA) is 57.6 Å². The van der Waals surface area contributed by atoms with E-state index in [2.05, 4.69) is 0 Å². The normalized spacial score (nSPS) is 11.5. The maximum absolute atomic E-state index is 11.6. The fraction of sp³-hybridized carbons (Fsp3) is 0.500. The number of carboxylic acid groups (broad SMARTS) is 1. The van der Waals surface area contributed by atoms with Gasteiger partial charge in [0, 0.05) is 12.6 Å². The molecule has 0 rings (SSSR count). The lowest BCUT2D eigenvalue weighted by molar-refractivity contribution is -0.143. The van der Waals surface area contributed by atoms with Crippen molar-refractivity contribution in [2.75, 3.05) is 13.1 Å². The molecule has 0 atom stereocenters. The van der Waals surface area contributed by atoms with Gasteiger partial charge in [0.1, 0.15) is 6.54 Å². The SMILES string of the molecule is CC=CC=CC(=O)N(CC(=O)O)CC(C)C. The first-order valence-corrected chi connectivity index (χ1v) is 5.27. The Morgan fingerprint density at radius 3 is 2.38 bits per heavy atom. The summed E-state index contributed by atoms with van der Waals surface area (Å²) in [6.45, 7) is 5.93. The van der Waals surface area contributed by atoms with Crippen LogP contribution in [0.1, 0.15) is 20.8 Å². The van der Waals surface area contributed by atoms with Gasteiger partial charge >= 0.3 is 5.97 Å². The lowest BCUT2D eigenvalue weighted by atomic mass is 10.2. The molecular formula is C12H19NO3. The molecule has 0 aromatic heterocycles. The average molecular weight is 225 g/mol. The highest BCUT2D eigenvalue weighted by atomic mass is 16.4. The van der Waals surface area contributed by atoms with Gasteiger partial charge in [0.15, 0.2) is 0 Å². The van der Waals surface area contributed by atoms with Crippen molar-refractivity contribution in [1.29, 1.82) is 0 Å². The highest BCUT2D eigenvalue weighted by Gasteiger charge is 2.15. The lowest BCUT2D eigenvalue weighted by Crippen LogP contribution is -2.37. The molecule has 0 spiro atoms. The first kappa shape index (κ1) is 14.4. The second kappa shape index (κ2) is 7.68. The van der Waals surface area contributed by atoms with Crippen LogP contribution in [0.15, 0.2) is 24.3 Å². The van der Waals surface area contributed by atoms with Crippen LogP contribution in [0.4, 0.5) is 0 Å². The molecule has 90 valence electrons. The Kier molecular flexibility index (Phi) is 6.92. The van der Waals surface area contributed by atoms with Crippen molar-refractivity contribution in [3.63, 3.8) is 0 Å². The van der Waals surface area contributed by atoms with Crippen LogP contribution in [0.3, 0.4) is 0 Å². The molecule has 0 aromatic rings. The van der Waals surface area contributed by atoms with Crippen LogP contribution < -0.4 is 0 Å². The van der Waals surface area contributed by atoms with Crippen LogP contribution in [0.25, 0.3) is 0 Å². The number of aliphatic carboxylic acids is 1. The van der Waals surface area contributed by atoms with Gasteiger partial charge in [-0.1, -0.05) is 32.1 Å². The zero-order valence-corrected chi connectivity index (χ0v) is 10.0. The van der Waals surface area contributed by atoms with Crippen LogP contribution in [0.5, 0.6) is 0 Å². The molecule has 0 fully saturated rings. The van der Waals surface area contributed by atoms with Crippen molar-refractivity contribution in [2.45, 2.75) is 20.8 Å². The predicted octanol–water partition coefficient (Wildman–Crippen LogP) is 1.69. The molecule has 1 N–H and O–H groups in total. The van der Waals surface area contributed by atoms with Crippen LogP contribution >= 0.6 is 0 Å². The predicted molar refractivity (Wildman–Crippen MR) is 63.0 cm³/mol. The van der Waals surface area contributed by atoms with Crippen molar-refractivity contribution in [3.05, 3.63) is 24.3 Å². The molecule has 0 saturated carbocycles. The third-order valence-electron chi connectivity index (χ3n) is 1.77. The van der Waals surface area contributed by atoms with Crippen LogP contribution in [-0.2, 0) is 9.59 Å².